The number of benzene rings is 2. The van der Waals surface area contributed by atoms with Gasteiger partial charge in [-0.15, -0.1) is 0 Å². The van der Waals surface area contributed by atoms with Crippen molar-refractivity contribution in [3.63, 3.8) is 0 Å². The number of rotatable bonds is 5. The third kappa shape index (κ3) is 4.01. The third-order valence-corrected chi connectivity index (χ3v) is 5.51. The molecule has 136 valence electrons. The van der Waals surface area contributed by atoms with Gasteiger partial charge in [-0.05, 0) is 35.1 Å². The van der Waals surface area contributed by atoms with Crippen LogP contribution in [-0.4, -0.2) is 9.55 Å². The minimum absolute atomic E-state index is 0.0584. The molecule has 0 unspecified atom stereocenters. The predicted molar refractivity (Wildman–Crippen MR) is 111 cm³/mol. The molecule has 0 aliphatic heterocycles. The zero-order valence-electron chi connectivity index (χ0n) is 16.0. The number of nitrogens with zero attached hydrogens (tertiary/aromatic N) is 2. The summed E-state index contributed by atoms with van der Waals surface area (Å²) in [4.78, 5) is 17.6. The SMILES string of the molecule is CCCn1c(SCc2ccc(C(C)(C)C)cc2)nc2ccccc2c1=O. The van der Waals surface area contributed by atoms with E-state index in [0.29, 0.717) is 11.9 Å². The van der Waals surface area contributed by atoms with Crippen molar-refractivity contribution < 1.29 is 0 Å². The van der Waals surface area contributed by atoms with Crippen molar-refractivity contribution >= 4 is 22.7 Å². The molecule has 1 heterocycles. The Hall–Kier alpha value is -2.07. The summed E-state index contributed by atoms with van der Waals surface area (Å²) in [6.45, 7) is 9.45. The molecule has 0 radical (unpaired) electrons. The van der Waals surface area contributed by atoms with Crippen LogP contribution in [0.1, 0.15) is 45.2 Å². The first kappa shape index (κ1) is 18.7. The summed E-state index contributed by atoms with van der Waals surface area (Å²) in [6.07, 6.45) is 0.910. The molecular weight excluding hydrogens is 340 g/mol. The van der Waals surface area contributed by atoms with E-state index in [1.807, 2.05) is 28.8 Å². The average molecular weight is 367 g/mol. The fourth-order valence-corrected chi connectivity index (χ4v) is 3.91. The van der Waals surface area contributed by atoms with Gasteiger partial charge in [0.25, 0.3) is 5.56 Å². The van der Waals surface area contributed by atoms with Crippen LogP contribution in [-0.2, 0) is 17.7 Å². The topological polar surface area (TPSA) is 34.9 Å². The van der Waals surface area contributed by atoms with Gasteiger partial charge in [-0.2, -0.15) is 0 Å². The molecule has 0 aliphatic carbocycles. The molecule has 0 fully saturated rings. The van der Waals surface area contributed by atoms with E-state index in [4.69, 9.17) is 4.98 Å². The second kappa shape index (κ2) is 7.67. The lowest BCUT2D eigenvalue weighted by Crippen LogP contribution is -2.23. The van der Waals surface area contributed by atoms with Crippen LogP contribution < -0.4 is 5.56 Å². The molecule has 0 amide bonds. The van der Waals surface area contributed by atoms with E-state index in [-0.39, 0.29) is 11.0 Å². The number of aromatic nitrogens is 2. The molecule has 4 heteroatoms. The maximum atomic E-state index is 12.8. The van der Waals surface area contributed by atoms with Gasteiger partial charge in [-0.25, -0.2) is 4.98 Å². The second-order valence-corrected chi connectivity index (χ2v) is 8.55. The molecule has 0 atom stereocenters. The molecule has 3 nitrogen and oxygen atoms in total. The Bertz CT molecular complexity index is 953. The molecule has 0 bridgehead atoms. The van der Waals surface area contributed by atoms with Crippen molar-refractivity contribution in [3.05, 3.63) is 70.0 Å². The van der Waals surface area contributed by atoms with E-state index in [1.165, 1.54) is 11.1 Å². The summed E-state index contributed by atoms with van der Waals surface area (Å²) in [5, 5.41) is 1.50. The lowest BCUT2D eigenvalue weighted by atomic mass is 9.87. The van der Waals surface area contributed by atoms with E-state index >= 15 is 0 Å². The molecule has 0 spiro atoms. The fourth-order valence-electron chi connectivity index (χ4n) is 2.93. The lowest BCUT2D eigenvalue weighted by Gasteiger charge is -2.19. The first-order valence-electron chi connectivity index (χ1n) is 9.12. The predicted octanol–water partition coefficient (Wildman–Crippen LogP) is 5.40. The molecule has 2 aromatic carbocycles. The van der Waals surface area contributed by atoms with Gasteiger partial charge in [0.1, 0.15) is 0 Å². The van der Waals surface area contributed by atoms with Gasteiger partial charge in [0.05, 0.1) is 10.9 Å². The maximum absolute atomic E-state index is 12.8. The molecule has 0 saturated heterocycles. The van der Waals surface area contributed by atoms with Gasteiger partial charge in [0.2, 0.25) is 0 Å². The summed E-state index contributed by atoms with van der Waals surface area (Å²) in [6, 6.07) is 16.3. The highest BCUT2D eigenvalue weighted by Crippen LogP contribution is 2.26. The van der Waals surface area contributed by atoms with Gasteiger partial charge in [0, 0.05) is 12.3 Å². The van der Waals surface area contributed by atoms with Crippen molar-refractivity contribution in [3.8, 4) is 0 Å². The summed E-state index contributed by atoms with van der Waals surface area (Å²) in [5.41, 5.74) is 3.57. The maximum Gasteiger partial charge on any atom is 0.262 e. The highest BCUT2D eigenvalue weighted by Gasteiger charge is 2.14. The third-order valence-electron chi connectivity index (χ3n) is 4.46. The van der Waals surface area contributed by atoms with Crippen molar-refractivity contribution in [1.82, 2.24) is 9.55 Å². The van der Waals surface area contributed by atoms with E-state index in [2.05, 4.69) is 52.0 Å². The minimum Gasteiger partial charge on any atom is -0.287 e. The van der Waals surface area contributed by atoms with Gasteiger partial charge < -0.3 is 0 Å². The number of para-hydroxylation sites is 1. The molecule has 0 aliphatic rings. The summed E-state index contributed by atoms with van der Waals surface area (Å²) < 4.78 is 1.82. The quantitative estimate of drug-likeness (QED) is 0.448. The van der Waals surface area contributed by atoms with Crippen LogP contribution in [0.25, 0.3) is 10.9 Å². The Morgan fingerprint density at radius 3 is 2.38 bits per heavy atom. The van der Waals surface area contributed by atoms with Crippen molar-refractivity contribution in [1.29, 1.82) is 0 Å². The minimum atomic E-state index is 0.0584. The van der Waals surface area contributed by atoms with Crippen molar-refractivity contribution in [2.75, 3.05) is 0 Å². The van der Waals surface area contributed by atoms with E-state index < -0.39 is 0 Å². The van der Waals surface area contributed by atoms with Crippen LogP contribution in [0.4, 0.5) is 0 Å². The zero-order valence-corrected chi connectivity index (χ0v) is 16.8. The Balaban J connectivity index is 1.88. The Morgan fingerprint density at radius 2 is 1.73 bits per heavy atom. The zero-order chi connectivity index (χ0) is 18.7. The van der Waals surface area contributed by atoms with Crippen LogP contribution in [0, 0.1) is 0 Å². The van der Waals surface area contributed by atoms with Crippen molar-refractivity contribution in [2.45, 2.75) is 57.0 Å². The Kier molecular flexibility index (Phi) is 5.52. The second-order valence-electron chi connectivity index (χ2n) is 7.60. The average Bonchev–Trinajstić information content (AvgIpc) is 2.62. The molecule has 0 saturated carbocycles. The van der Waals surface area contributed by atoms with E-state index in [0.717, 1.165) is 22.8 Å². The first-order valence-corrected chi connectivity index (χ1v) is 10.1. The number of fused-ring (bicyclic) bond motifs is 1. The highest BCUT2D eigenvalue weighted by molar-refractivity contribution is 7.98. The molecule has 3 rings (SSSR count). The monoisotopic (exact) mass is 366 g/mol. The first-order chi connectivity index (χ1) is 12.4. The van der Waals surface area contributed by atoms with E-state index in [1.54, 1.807) is 11.8 Å². The molecule has 1 aromatic heterocycles. The smallest absolute Gasteiger partial charge is 0.262 e. The van der Waals surface area contributed by atoms with Crippen LogP contribution in [0.2, 0.25) is 0 Å². The van der Waals surface area contributed by atoms with Gasteiger partial charge in [-0.1, -0.05) is 75.9 Å². The fraction of sp³-hybridized carbons (Fsp3) is 0.364. The van der Waals surface area contributed by atoms with Gasteiger partial charge in [0.15, 0.2) is 5.16 Å². The van der Waals surface area contributed by atoms with Gasteiger partial charge in [-0.3, -0.25) is 9.36 Å². The molecule has 26 heavy (non-hydrogen) atoms. The number of hydrogen-bond acceptors (Lipinski definition) is 3. The highest BCUT2D eigenvalue weighted by atomic mass is 32.2. The largest absolute Gasteiger partial charge is 0.287 e. The molecular formula is C22H26N2OS. The van der Waals surface area contributed by atoms with Crippen LogP contribution in [0.15, 0.2) is 58.5 Å². The Morgan fingerprint density at radius 1 is 1.04 bits per heavy atom. The van der Waals surface area contributed by atoms with Gasteiger partial charge >= 0.3 is 0 Å². The van der Waals surface area contributed by atoms with E-state index in [9.17, 15) is 4.79 Å². The summed E-state index contributed by atoms with van der Waals surface area (Å²) in [5.74, 6) is 0.804. The Labute approximate surface area is 159 Å². The molecule has 3 aromatic rings. The normalized spacial score (nSPS) is 11.8. The summed E-state index contributed by atoms with van der Waals surface area (Å²) >= 11 is 1.63. The summed E-state index contributed by atoms with van der Waals surface area (Å²) in [7, 11) is 0. The number of hydrogen-bond donors (Lipinski definition) is 0. The molecule has 0 N–H and O–H groups in total. The lowest BCUT2D eigenvalue weighted by molar-refractivity contribution is 0.584. The number of thioether (sulfide) groups is 1. The van der Waals surface area contributed by atoms with Crippen molar-refractivity contribution in [2.24, 2.45) is 0 Å². The van der Waals surface area contributed by atoms with Crippen LogP contribution in [0.5, 0.6) is 0 Å². The standard InChI is InChI=1S/C22H26N2OS/c1-5-14-24-20(25)18-8-6-7-9-19(18)23-21(24)26-15-16-10-12-17(13-11-16)22(2,3)4/h6-13H,5,14-15H2,1-4H3. The van der Waals surface area contributed by atoms with Crippen LogP contribution in [0.3, 0.4) is 0 Å². The van der Waals surface area contributed by atoms with Crippen LogP contribution >= 0.6 is 11.8 Å².